The Morgan fingerprint density at radius 1 is 1.30 bits per heavy atom. The number of nitrogens with one attached hydrogen (secondary N) is 1. The highest BCUT2D eigenvalue weighted by atomic mass is 32.2. The van der Waals surface area contributed by atoms with Crippen LogP contribution in [-0.2, 0) is 17.5 Å². The van der Waals surface area contributed by atoms with Crippen molar-refractivity contribution in [3.05, 3.63) is 21.9 Å². The second-order valence-corrected chi connectivity index (χ2v) is 9.13. The molecule has 0 radical (unpaired) electrons. The number of alkyl halides is 3. The maximum atomic E-state index is 12.7. The molecule has 1 N–H and O–H groups in total. The van der Waals surface area contributed by atoms with Crippen molar-refractivity contribution in [1.82, 2.24) is 4.72 Å². The van der Waals surface area contributed by atoms with Crippen LogP contribution in [0.4, 0.5) is 13.2 Å². The number of halogens is 3. The maximum Gasteiger partial charge on any atom is 0.425 e. The first kappa shape index (κ1) is 16.1. The minimum Gasteiger partial charge on any atom is -0.598 e. The van der Waals surface area contributed by atoms with Gasteiger partial charge in [0.1, 0.15) is 9.62 Å². The van der Waals surface area contributed by atoms with Gasteiger partial charge < -0.3 is 4.55 Å². The number of hydrogen-bond donors (Lipinski definition) is 1. The number of thiophene rings is 1. The Morgan fingerprint density at radius 2 is 1.90 bits per heavy atom. The van der Waals surface area contributed by atoms with E-state index in [-0.39, 0.29) is 6.04 Å². The van der Waals surface area contributed by atoms with E-state index in [1.165, 1.54) is 6.07 Å². The summed E-state index contributed by atoms with van der Waals surface area (Å²) >= 11 is -0.538. The topological polar surface area (TPSA) is 35.1 Å². The highest BCUT2D eigenvalue weighted by Crippen LogP contribution is 2.45. The standard InChI is InChI=1S/C13H18F3NOS2/c1-12(2,3)20(18)17-11(8-4-5-8)9-6-7-10(19-9)13(14,15)16/h6-8,11,17H,4-5H2,1-3H3. The van der Waals surface area contributed by atoms with Gasteiger partial charge in [-0.05, 0) is 51.7 Å². The molecule has 2 nitrogen and oxygen atoms in total. The van der Waals surface area contributed by atoms with E-state index in [2.05, 4.69) is 4.72 Å². The first-order valence-electron chi connectivity index (χ1n) is 6.44. The van der Waals surface area contributed by atoms with Gasteiger partial charge in [0, 0.05) is 16.2 Å². The quantitative estimate of drug-likeness (QED) is 0.839. The molecule has 0 saturated heterocycles. The van der Waals surface area contributed by atoms with Gasteiger partial charge in [0.15, 0.2) is 0 Å². The second kappa shape index (κ2) is 5.51. The van der Waals surface area contributed by atoms with Crippen molar-refractivity contribution >= 4 is 22.7 Å². The molecule has 1 aliphatic rings. The summed E-state index contributed by atoms with van der Waals surface area (Å²) in [6, 6.07) is 2.37. The van der Waals surface area contributed by atoms with E-state index in [9.17, 15) is 17.7 Å². The summed E-state index contributed by atoms with van der Waals surface area (Å²) in [5.41, 5.74) is 0. The van der Waals surface area contributed by atoms with Gasteiger partial charge in [-0.2, -0.15) is 13.2 Å². The average Bonchev–Trinajstić information content (AvgIpc) is 2.99. The molecule has 0 spiro atoms. The van der Waals surface area contributed by atoms with Crippen LogP contribution in [0.1, 0.15) is 49.4 Å². The number of rotatable bonds is 4. The van der Waals surface area contributed by atoms with Crippen LogP contribution >= 0.6 is 11.3 Å². The summed E-state index contributed by atoms with van der Waals surface area (Å²) in [5.74, 6) is 0.293. The number of hydrogen-bond acceptors (Lipinski definition) is 3. The molecule has 1 aromatic heterocycles. The van der Waals surface area contributed by atoms with Gasteiger partial charge in [0.05, 0.1) is 6.04 Å². The van der Waals surface area contributed by atoms with Crippen molar-refractivity contribution in [2.24, 2.45) is 5.92 Å². The van der Waals surface area contributed by atoms with Crippen molar-refractivity contribution < 1.29 is 17.7 Å². The third-order valence-electron chi connectivity index (χ3n) is 3.10. The Hall–Kier alpha value is -0.240. The molecule has 1 fully saturated rings. The third-order valence-corrected chi connectivity index (χ3v) is 5.89. The predicted octanol–water partition coefficient (Wildman–Crippen LogP) is 4.27. The fourth-order valence-electron chi connectivity index (χ4n) is 1.78. The average molecular weight is 325 g/mol. The minimum absolute atomic E-state index is 0.240. The molecule has 0 aliphatic heterocycles. The molecule has 2 rings (SSSR count). The van der Waals surface area contributed by atoms with E-state index >= 15 is 0 Å². The highest BCUT2D eigenvalue weighted by Gasteiger charge is 2.40. The summed E-state index contributed by atoms with van der Waals surface area (Å²) in [6.07, 6.45) is -2.36. The highest BCUT2D eigenvalue weighted by molar-refractivity contribution is 7.90. The van der Waals surface area contributed by atoms with Crippen LogP contribution in [0.3, 0.4) is 0 Å². The van der Waals surface area contributed by atoms with Gasteiger partial charge in [-0.1, -0.05) is 0 Å². The van der Waals surface area contributed by atoms with E-state index in [4.69, 9.17) is 0 Å². The van der Waals surface area contributed by atoms with Crippen LogP contribution in [0.2, 0.25) is 0 Å². The van der Waals surface area contributed by atoms with Crippen molar-refractivity contribution in [2.75, 3.05) is 0 Å². The molecule has 20 heavy (non-hydrogen) atoms. The summed E-state index contributed by atoms with van der Waals surface area (Å²) < 4.78 is 52.7. The van der Waals surface area contributed by atoms with Crippen molar-refractivity contribution in [1.29, 1.82) is 0 Å². The smallest absolute Gasteiger partial charge is 0.425 e. The molecule has 1 saturated carbocycles. The Morgan fingerprint density at radius 3 is 2.30 bits per heavy atom. The van der Waals surface area contributed by atoms with E-state index < -0.39 is 27.2 Å². The van der Waals surface area contributed by atoms with Gasteiger partial charge in [0.25, 0.3) is 0 Å². The zero-order valence-corrected chi connectivity index (χ0v) is 13.2. The van der Waals surface area contributed by atoms with Crippen LogP contribution in [0.5, 0.6) is 0 Å². The SMILES string of the molecule is CC(C)(C)[S+]([O-])NC(c1ccc(C(F)(F)F)s1)C1CC1. The van der Waals surface area contributed by atoms with Gasteiger partial charge >= 0.3 is 6.18 Å². The molecule has 2 unspecified atom stereocenters. The van der Waals surface area contributed by atoms with E-state index in [0.29, 0.717) is 10.8 Å². The summed E-state index contributed by atoms with van der Waals surface area (Å²) in [6.45, 7) is 5.53. The van der Waals surface area contributed by atoms with Gasteiger partial charge in [-0.25, -0.2) is 0 Å². The van der Waals surface area contributed by atoms with Gasteiger partial charge in [0.2, 0.25) is 0 Å². The molecule has 0 bridgehead atoms. The fraction of sp³-hybridized carbons (Fsp3) is 0.692. The van der Waals surface area contributed by atoms with Gasteiger partial charge in [-0.15, -0.1) is 16.1 Å². The van der Waals surface area contributed by atoms with Crippen LogP contribution in [-0.4, -0.2) is 9.30 Å². The molecule has 2 atom stereocenters. The Balaban J connectivity index is 2.15. The lowest BCUT2D eigenvalue weighted by Gasteiger charge is -2.27. The second-order valence-electron chi connectivity index (χ2n) is 6.01. The molecule has 114 valence electrons. The molecule has 7 heteroatoms. The minimum atomic E-state index is -4.31. The lowest BCUT2D eigenvalue weighted by molar-refractivity contribution is -0.134. The lowest BCUT2D eigenvalue weighted by atomic mass is 10.1. The Bertz CT molecular complexity index is 463. The van der Waals surface area contributed by atoms with Crippen LogP contribution in [0.25, 0.3) is 0 Å². The van der Waals surface area contributed by atoms with E-state index in [1.807, 2.05) is 20.8 Å². The Labute approximate surface area is 124 Å². The van der Waals surface area contributed by atoms with E-state index in [1.54, 1.807) is 0 Å². The fourth-order valence-corrected chi connectivity index (χ4v) is 3.78. The monoisotopic (exact) mass is 325 g/mol. The van der Waals surface area contributed by atoms with Crippen molar-refractivity contribution in [3.8, 4) is 0 Å². The Kier molecular flexibility index (Phi) is 4.45. The van der Waals surface area contributed by atoms with Crippen LogP contribution in [0.15, 0.2) is 12.1 Å². The molecule has 0 aromatic carbocycles. The zero-order valence-electron chi connectivity index (χ0n) is 11.6. The molecule has 1 aromatic rings. The largest absolute Gasteiger partial charge is 0.598 e. The van der Waals surface area contributed by atoms with Crippen molar-refractivity contribution in [3.63, 3.8) is 0 Å². The molecule has 0 amide bonds. The summed E-state index contributed by atoms with van der Waals surface area (Å²) in [4.78, 5) is 0.0268. The molecule has 1 heterocycles. The predicted molar refractivity (Wildman–Crippen MR) is 75.8 cm³/mol. The molecule has 1 aliphatic carbocycles. The first-order valence-corrected chi connectivity index (χ1v) is 8.40. The third kappa shape index (κ3) is 3.90. The maximum absolute atomic E-state index is 12.7. The van der Waals surface area contributed by atoms with Gasteiger partial charge in [-0.3, -0.25) is 0 Å². The molecular weight excluding hydrogens is 307 g/mol. The van der Waals surface area contributed by atoms with E-state index in [0.717, 1.165) is 30.2 Å². The normalized spacial score (nSPS) is 19.9. The van der Waals surface area contributed by atoms with Crippen LogP contribution in [0, 0.1) is 5.92 Å². The summed E-state index contributed by atoms with van der Waals surface area (Å²) in [5, 5.41) is 0. The van der Waals surface area contributed by atoms with Crippen molar-refractivity contribution in [2.45, 2.75) is 50.6 Å². The van der Waals surface area contributed by atoms with Crippen LogP contribution < -0.4 is 4.72 Å². The molecular formula is C13H18F3NOS2. The lowest BCUT2D eigenvalue weighted by Crippen LogP contribution is -2.41. The first-order chi connectivity index (χ1) is 9.09. The zero-order chi connectivity index (χ0) is 15.1. The summed E-state index contributed by atoms with van der Waals surface area (Å²) in [7, 11) is 0.